The Bertz CT molecular complexity index is 785. The van der Waals surface area contributed by atoms with Gasteiger partial charge in [0.2, 0.25) is 0 Å². The lowest BCUT2D eigenvalue weighted by Crippen LogP contribution is -2.30. The number of ether oxygens (including phenoxy) is 3. The third kappa shape index (κ3) is 5.59. The van der Waals surface area contributed by atoms with Crippen molar-refractivity contribution in [3.8, 4) is 17.2 Å². The van der Waals surface area contributed by atoms with Crippen molar-refractivity contribution in [2.45, 2.75) is 19.3 Å². The van der Waals surface area contributed by atoms with Crippen molar-refractivity contribution in [3.63, 3.8) is 0 Å². The molecule has 0 saturated carbocycles. The Balaban J connectivity index is 1.42. The summed E-state index contributed by atoms with van der Waals surface area (Å²) >= 11 is 6.13. The average Bonchev–Trinajstić information content (AvgIpc) is 2.74. The number of likely N-dealkylation sites (tertiary alicyclic amines) is 1. The molecule has 4 nitrogen and oxygen atoms in total. The number of halogens is 1. The number of benzene rings is 2. The summed E-state index contributed by atoms with van der Waals surface area (Å²) in [6.07, 6.45) is 7.74. The van der Waals surface area contributed by atoms with Crippen LogP contribution in [0, 0.1) is 5.92 Å². The average molecular weight is 402 g/mol. The zero-order valence-electron chi connectivity index (χ0n) is 16.6. The molecule has 150 valence electrons. The predicted octanol–water partition coefficient (Wildman–Crippen LogP) is 5.51. The lowest BCUT2D eigenvalue weighted by atomic mass is 9.94. The topological polar surface area (TPSA) is 30.9 Å². The normalized spacial score (nSPS) is 15.0. The lowest BCUT2D eigenvalue weighted by molar-refractivity contribution is 0.202. The second kappa shape index (κ2) is 10.3. The maximum absolute atomic E-state index is 6.13. The number of rotatable bonds is 8. The quantitative estimate of drug-likeness (QED) is 0.583. The Morgan fingerprint density at radius 1 is 1.00 bits per heavy atom. The van der Waals surface area contributed by atoms with Crippen LogP contribution in [-0.2, 0) is 0 Å². The summed E-state index contributed by atoms with van der Waals surface area (Å²) in [6.45, 7) is 2.86. The van der Waals surface area contributed by atoms with E-state index in [4.69, 9.17) is 25.8 Å². The molecule has 5 heteroatoms. The molecule has 1 saturated heterocycles. The van der Waals surface area contributed by atoms with Crippen LogP contribution in [-0.4, -0.2) is 38.8 Å². The van der Waals surface area contributed by atoms with Crippen LogP contribution in [0.2, 0.25) is 5.02 Å². The molecular formula is C23H28ClNO3. The maximum Gasteiger partial charge on any atom is 0.161 e. The number of piperidine rings is 1. The molecule has 1 aliphatic rings. The van der Waals surface area contributed by atoms with Gasteiger partial charge in [-0.25, -0.2) is 0 Å². The third-order valence-corrected chi connectivity index (χ3v) is 5.47. The summed E-state index contributed by atoms with van der Waals surface area (Å²) in [6, 6.07) is 13.6. The first-order valence-electron chi connectivity index (χ1n) is 9.71. The Labute approximate surface area is 172 Å². The fourth-order valence-corrected chi connectivity index (χ4v) is 3.63. The molecule has 2 aromatic rings. The summed E-state index contributed by atoms with van der Waals surface area (Å²) in [4.78, 5) is 2.38. The van der Waals surface area contributed by atoms with Crippen molar-refractivity contribution in [2.75, 3.05) is 33.9 Å². The second-order valence-electron chi connectivity index (χ2n) is 6.98. The van der Waals surface area contributed by atoms with E-state index in [-0.39, 0.29) is 0 Å². The SMILES string of the molecule is COc1ccc(C=CN2CCC(CCOc3ccccc3Cl)CC2)cc1OC. The molecule has 0 spiro atoms. The number of para-hydroxylation sites is 1. The van der Waals surface area contributed by atoms with E-state index in [0.29, 0.717) is 10.9 Å². The fourth-order valence-electron chi connectivity index (χ4n) is 3.44. The van der Waals surface area contributed by atoms with Crippen molar-refractivity contribution >= 4 is 17.7 Å². The van der Waals surface area contributed by atoms with E-state index in [0.717, 1.165) is 48.9 Å². The standard InChI is InChI=1S/C23H28ClNO3/c1-26-22-8-7-19(17-23(22)27-2)11-15-25-13-9-18(10-14-25)12-16-28-21-6-4-3-5-20(21)24/h3-8,11,15,17-18H,9-10,12-14,16H2,1-2H3. The van der Waals surface area contributed by atoms with Gasteiger partial charge in [0.05, 0.1) is 25.8 Å². The molecule has 0 N–H and O–H groups in total. The molecule has 0 bridgehead atoms. The van der Waals surface area contributed by atoms with E-state index in [9.17, 15) is 0 Å². The van der Waals surface area contributed by atoms with Gasteiger partial charge in [0.1, 0.15) is 5.75 Å². The minimum Gasteiger partial charge on any atom is -0.493 e. The molecule has 0 amide bonds. The molecule has 1 aliphatic heterocycles. The van der Waals surface area contributed by atoms with Crippen LogP contribution in [0.1, 0.15) is 24.8 Å². The Morgan fingerprint density at radius 2 is 1.75 bits per heavy atom. The first kappa shape index (κ1) is 20.4. The van der Waals surface area contributed by atoms with Gasteiger partial charge in [-0.15, -0.1) is 0 Å². The van der Waals surface area contributed by atoms with Crippen LogP contribution in [0.3, 0.4) is 0 Å². The maximum atomic E-state index is 6.13. The highest BCUT2D eigenvalue weighted by atomic mass is 35.5. The predicted molar refractivity (Wildman–Crippen MR) is 114 cm³/mol. The third-order valence-electron chi connectivity index (χ3n) is 5.15. The highest BCUT2D eigenvalue weighted by Gasteiger charge is 2.17. The van der Waals surface area contributed by atoms with Gasteiger partial charge in [-0.1, -0.05) is 29.8 Å². The van der Waals surface area contributed by atoms with Crippen LogP contribution < -0.4 is 14.2 Å². The Kier molecular flexibility index (Phi) is 7.49. The van der Waals surface area contributed by atoms with E-state index >= 15 is 0 Å². The smallest absolute Gasteiger partial charge is 0.161 e. The minimum atomic E-state index is 0.678. The van der Waals surface area contributed by atoms with Gasteiger partial charge < -0.3 is 19.1 Å². The highest BCUT2D eigenvalue weighted by molar-refractivity contribution is 6.32. The first-order chi connectivity index (χ1) is 13.7. The van der Waals surface area contributed by atoms with Gasteiger partial charge in [0.15, 0.2) is 11.5 Å². The van der Waals surface area contributed by atoms with Crippen LogP contribution in [0.25, 0.3) is 6.08 Å². The summed E-state index contributed by atoms with van der Waals surface area (Å²) in [5.74, 6) is 2.98. The van der Waals surface area contributed by atoms with Crippen molar-refractivity contribution in [1.29, 1.82) is 0 Å². The van der Waals surface area contributed by atoms with Crippen molar-refractivity contribution in [3.05, 3.63) is 59.3 Å². The summed E-state index contributed by atoms with van der Waals surface area (Å²) in [5, 5.41) is 0.678. The van der Waals surface area contributed by atoms with Gasteiger partial charge in [0.25, 0.3) is 0 Å². The minimum absolute atomic E-state index is 0.678. The van der Waals surface area contributed by atoms with E-state index in [1.165, 1.54) is 12.8 Å². The van der Waals surface area contributed by atoms with Gasteiger partial charge in [-0.2, -0.15) is 0 Å². The van der Waals surface area contributed by atoms with Crippen molar-refractivity contribution in [1.82, 2.24) is 4.90 Å². The summed E-state index contributed by atoms with van der Waals surface area (Å²) < 4.78 is 16.5. The summed E-state index contributed by atoms with van der Waals surface area (Å²) in [5.41, 5.74) is 1.10. The monoisotopic (exact) mass is 401 g/mol. The number of hydrogen-bond acceptors (Lipinski definition) is 4. The Morgan fingerprint density at radius 3 is 2.46 bits per heavy atom. The fraction of sp³-hybridized carbons (Fsp3) is 0.391. The van der Waals surface area contributed by atoms with Crippen molar-refractivity contribution in [2.24, 2.45) is 5.92 Å². The van der Waals surface area contributed by atoms with Crippen LogP contribution in [0.4, 0.5) is 0 Å². The molecule has 3 rings (SSSR count). The van der Waals surface area contributed by atoms with Gasteiger partial charge in [0, 0.05) is 13.1 Å². The number of hydrogen-bond donors (Lipinski definition) is 0. The number of methoxy groups -OCH3 is 2. The molecule has 0 atom stereocenters. The van der Waals surface area contributed by atoms with Crippen molar-refractivity contribution < 1.29 is 14.2 Å². The molecule has 0 radical (unpaired) electrons. The zero-order valence-corrected chi connectivity index (χ0v) is 17.3. The molecule has 1 fully saturated rings. The molecule has 0 aliphatic carbocycles. The van der Waals surface area contributed by atoms with Crippen LogP contribution >= 0.6 is 11.6 Å². The summed E-state index contributed by atoms with van der Waals surface area (Å²) in [7, 11) is 3.31. The zero-order chi connectivity index (χ0) is 19.8. The first-order valence-corrected chi connectivity index (χ1v) is 10.1. The lowest BCUT2D eigenvalue weighted by Gasteiger charge is -2.31. The Hall–Kier alpha value is -2.33. The largest absolute Gasteiger partial charge is 0.493 e. The molecule has 2 aromatic carbocycles. The molecule has 1 heterocycles. The molecule has 0 aromatic heterocycles. The molecule has 0 unspecified atom stereocenters. The second-order valence-corrected chi connectivity index (χ2v) is 7.38. The van der Waals surface area contributed by atoms with Crippen LogP contribution in [0.15, 0.2) is 48.7 Å². The van der Waals surface area contributed by atoms with Gasteiger partial charge in [-0.05, 0) is 67.3 Å². The van der Waals surface area contributed by atoms with E-state index < -0.39 is 0 Å². The molecule has 28 heavy (non-hydrogen) atoms. The van der Waals surface area contributed by atoms with E-state index in [2.05, 4.69) is 17.2 Å². The number of nitrogens with zero attached hydrogens (tertiary/aromatic N) is 1. The molecular weight excluding hydrogens is 374 g/mol. The van der Waals surface area contributed by atoms with E-state index in [1.807, 2.05) is 42.5 Å². The van der Waals surface area contributed by atoms with Gasteiger partial charge in [-0.3, -0.25) is 0 Å². The van der Waals surface area contributed by atoms with Gasteiger partial charge >= 0.3 is 0 Å². The van der Waals surface area contributed by atoms with Crippen LogP contribution in [0.5, 0.6) is 17.2 Å². The van der Waals surface area contributed by atoms with E-state index in [1.54, 1.807) is 14.2 Å². The highest BCUT2D eigenvalue weighted by Crippen LogP contribution is 2.29.